The first kappa shape index (κ1) is 18.9. The number of carbonyl (C=O) groups excluding carboxylic acids is 1. The van der Waals surface area contributed by atoms with E-state index >= 15 is 0 Å². The summed E-state index contributed by atoms with van der Waals surface area (Å²) in [7, 11) is -3.45. The average Bonchev–Trinajstić information content (AvgIpc) is 3.30. The largest absolute Gasteiger partial charge is 0.331 e. The van der Waals surface area contributed by atoms with E-state index in [1.165, 1.54) is 4.31 Å². The molecule has 0 atom stereocenters. The molecule has 0 unspecified atom stereocenters. The van der Waals surface area contributed by atoms with Gasteiger partial charge in [-0.25, -0.2) is 13.4 Å². The summed E-state index contributed by atoms with van der Waals surface area (Å²) in [6.07, 6.45) is 3.70. The average molecular weight is 402 g/mol. The smallest absolute Gasteiger partial charge is 0.274 e. The first-order valence-electron chi connectivity index (χ1n) is 9.67. The predicted octanol–water partition coefficient (Wildman–Crippen LogP) is 1.25. The van der Waals surface area contributed by atoms with Gasteiger partial charge in [-0.3, -0.25) is 9.69 Å². The van der Waals surface area contributed by atoms with Crippen LogP contribution in [0.25, 0.3) is 0 Å². The Kier molecular flexibility index (Phi) is 5.32. The van der Waals surface area contributed by atoms with Gasteiger partial charge in [-0.2, -0.15) is 4.31 Å². The second kappa shape index (κ2) is 7.89. The van der Waals surface area contributed by atoms with Gasteiger partial charge in [-0.15, -0.1) is 0 Å². The molecular formula is C20H25N4O3S+. The summed E-state index contributed by atoms with van der Waals surface area (Å²) in [5.41, 5.74) is 0.528. The first-order valence-corrected chi connectivity index (χ1v) is 11.1. The fourth-order valence-corrected chi connectivity index (χ4v) is 5.28. The van der Waals surface area contributed by atoms with Gasteiger partial charge in [0, 0.05) is 24.7 Å². The minimum absolute atomic E-state index is 0.0539. The van der Waals surface area contributed by atoms with Gasteiger partial charge in [0.2, 0.25) is 10.0 Å². The van der Waals surface area contributed by atoms with Crippen molar-refractivity contribution in [1.82, 2.24) is 9.21 Å². The van der Waals surface area contributed by atoms with Crippen LogP contribution < -0.4 is 9.88 Å². The van der Waals surface area contributed by atoms with Crippen LogP contribution in [-0.4, -0.2) is 62.8 Å². The van der Waals surface area contributed by atoms with Crippen molar-refractivity contribution in [2.45, 2.75) is 17.7 Å². The van der Waals surface area contributed by atoms with Gasteiger partial charge in [-0.1, -0.05) is 6.07 Å². The van der Waals surface area contributed by atoms with Crippen molar-refractivity contribution in [2.75, 3.05) is 44.2 Å². The number of hydrogen-bond donors (Lipinski definition) is 0. The second-order valence-electron chi connectivity index (χ2n) is 7.16. The third-order valence-electron chi connectivity index (χ3n) is 5.40. The Hall–Kier alpha value is -2.45. The molecule has 2 aromatic rings. The zero-order valence-electron chi connectivity index (χ0n) is 15.8. The van der Waals surface area contributed by atoms with Crippen molar-refractivity contribution in [3.63, 3.8) is 0 Å². The highest BCUT2D eigenvalue weighted by atomic mass is 32.2. The van der Waals surface area contributed by atoms with Gasteiger partial charge >= 0.3 is 0 Å². The summed E-state index contributed by atoms with van der Waals surface area (Å²) in [5.74, 6) is 0.993. The number of rotatable bonds is 4. The highest BCUT2D eigenvalue weighted by molar-refractivity contribution is 7.89. The maximum absolute atomic E-state index is 12.8. The number of nitrogens with zero attached hydrogens (tertiary/aromatic N) is 3. The molecule has 2 saturated heterocycles. The Balaban J connectivity index is 1.40. The Morgan fingerprint density at radius 1 is 0.857 bits per heavy atom. The van der Waals surface area contributed by atoms with Gasteiger partial charge in [0.05, 0.1) is 24.2 Å². The number of piperazine rings is 1. The lowest BCUT2D eigenvalue weighted by atomic mass is 10.2. The van der Waals surface area contributed by atoms with Crippen LogP contribution >= 0.6 is 0 Å². The third kappa shape index (κ3) is 3.74. The van der Waals surface area contributed by atoms with Gasteiger partial charge < -0.3 is 4.90 Å². The Morgan fingerprint density at radius 2 is 1.54 bits per heavy atom. The minimum atomic E-state index is -3.45. The number of aromatic nitrogens is 1. The van der Waals surface area contributed by atoms with E-state index in [-0.39, 0.29) is 10.8 Å². The van der Waals surface area contributed by atoms with Crippen molar-refractivity contribution >= 4 is 21.7 Å². The molecule has 1 N–H and O–H groups in total. The maximum Gasteiger partial charge on any atom is 0.274 e. The number of H-pyrrole nitrogens is 1. The lowest BCUT2D eigenvalue weighted by Crippen LogP contribution is -2.50. The number of carbonyl (C=O) groups is 1. The van der Waals surface area contributed by atoms with E-state index in [2.05, 4.69) is 9.88 Å². The summed E-state index contributed by atoms with van der Waals surface area (Å²) in [6.45, 7) is 3.93. The lowest BCUT2D eigenvalue weighted by Gasteiger charge is -2.31. The zero-order chi connectivity index (χ0) is 19.6. The van der Waals surface area contributed by atoms with Crippen LogP contribution in [0.15, 0.2) is 53.6 Å². The molecule has 2 aliphatic rings. The monoisotopic (exact) mass is 401 g/mol. The molecule has 1 aromatic carbocycles. The van der Waals surface area contributed by atoms with Crippen molar-refractivity contribution in [2.24, 2.45) is 0 Å². The summed E-state index contributed by atoms with van der Waals surface area (Å²) >= 11 is 0. The molecule has 2 aliphatic heterocycles. The summed E-state index contributed by atoms with van der Waals surface area (Å²) in [4.78, 5) is 20.3. The number of sulfonamides is 1. The van der Waals surface area contributed by atoms with Gasteiger partial charge in [0.25, 0.3) is 11.7 Å². The van der Waals surface area contributed by atoms with E-state index < -0.39 is 10.0 Å². The molecule has 4 rings (SSSR count). The van der Waals surface area contributed by atoms with Crippen molar-refractivity contribution in [1.29, 1.82) is 0 Å². The highest BCUT2D eigenvalue weighted by Crippen LogP contribution is 2.21. The Bertz CT molecular complexity index is 918. The van der Waals surface area contributed by atoms with Crippen molar-refractivity contribution < 1.29 is 18.2 Å². The van der Waals surface area contributed by atoms with Gasteiger partial charge in [0.1, 0.15) is 13.1 Å². The number of nitrogens with one attached hydrogen (secondary N) is 1. The van der Waals surface area contributed by atoms with Crippen LogP contribution in [0.2, 0.25) is 0 Å². The van der Waals surface area contributed by atoms with E-state index in [0.717, 1.165) is 31.7 Å². The lowest BCUT2D eigenvalue weighted by molar-refractivity contribution is -0.364. The van der Waals surface area contributed by atoms with E-state index in [4.69, 9.17) is 0 Å². The highest BCUT2D eigenvalue weighted by Gasteiger charge is 2.29. The van der Waals surface area contributed by atoms with E-state index in [9.17, 15) is 13.2 Å². The number of aromatic amines is 1. The summed E-state index contributed by atoms with van der Waals surface area (Å²) in [5, 5.41) is 0. The van der Waals surface area contributed by atoms with Gasteiger partial charge in [-0.05, 0) is 43.2 Å². The zero-order valence-corrected chi connectivity index (χ0v) is 16.6. The van der Waals surface area contributed by atoms with Gasteiger partial charge in [0.15, 0.2) is 0 Å². The SMILES string of the molecule is O=C(c1ccc(S(=O)(=O)N2CCCC2)cc1)N1CCN(c2cccc[nH+]2)CC1. The molecule has 0 saturated carbocycles. The van der Waals surface area contributed by atoms with Crippen LogP contribution in [0.3, 0.4) is 0 Å². The topological polar surface area (TPSA) is 75.1 Å². The van der Waals surface area contributed by atoms with Crippen molar-refractivity contribution in [3.8, 4) is 0 Å². The van der Waals surface area contributed by atoms with E-state index in [0.29, 0.717) is 31.7 Å². The fraction of sp³-hybridized carbons (Fsp3) is 0.400. The van der Waals surface area contributed by atoms with Crippen LogP contribution in [0.5, 0.6) is 0 Å². The number of benzene rings is 1. The summed E-state index contributed by atoms with van der Waals surface area (Å²) in [6, 6.07) is 12.3. The molecule has 8 heteroatoms. The number of amides is 1. The van der Waals surface area contributed by atoms with Crippen LogP contribution in [0.1, 0.15) is 23.2 Å². The second-order valence-corrected chi connectivity index (χ2v) is 9.10. The molecule has 28 heavy (non-hydrogen) atoms. The Morgan fingerprint density at radius 3 is 2.14 bits per heavy atom. The molecule has 3 heterocycles. The molecule has 148 valence electrons. The van der Waals surface area contributed by atoms with Crippen LogP contribution in [-0.2, 0) is 10.0 Å². The third-order valence-corrected chi connectivity index (χ3v) is 7.32. The fourth-order valence-electron chi connectivity index (χ4n) is 3.76. The Labute approximate surface area is 165 Å². The molecule has 7 nitrogen and oxygen atoms in total. The predicted molar refractivity (Wildman–Crippen MR) is 106 cm³/mol. The molecule has 0 radical (unpaired) electrons. The van der Waals surface area contributed by atoms with E-state index in [1.807, 2.05) is 29.3 Å². The first-order chi connectivity index (χ1) is 13.6. The van der Waals surface area contributed by atoms with Crippen molar-refractivity contribution in [3.05, 3.63) is 54.2 Å². The van der Waals surface area contributed by atoms with Crippen LogP contribution in [0.4, 0.5) is 5.82 Å². The normalized spacial score (nSPS) is 18.4. The number of pyridine rings is 1. The molecule has 0 aliphatic carbocycles. The molecule has 0 spiro atoms. The quantitative estimate of drug-likeness (QED) is 0.773. The number of anilines is 1. The summed E-state index contributed by atoms with van der Waals surface area (Å²) < 4.78 is 26.7. The standard InChI is InChI=1S/C20H24N4O3S/c25-20(23-15-13-22(14-16-23)19-5-1-2-10-21-19)17-6-8-18(9-7-17)28(26,27)24-11-3-4-12-24/h1-2,5-10H,3-4,11-16H2/p+1. The van der Waals surface area contributed by atoms with E-state index in [1.54, 1.807) is 24.3 Å². The van der Waals surface area contributed by atoms with Crippen LogP contribution in [0, 0.1) is 0 Å². The minimum Gasteiger partial charge on any atom is -0.331 e. The maximum atomic E-state index is 12.8. The molecule has 1 aromatic heterocycles. The molecule has 2 fully saturated rings. The molecule has 1 amide bonds. The number of hydrogen-bond acceptors (Lipinski definition) is 4. The molecular weight excluding hydrogens is 376 g/mol. The molecule has 0 bridgehead atoms.